The lowest BCUT2D eigenvalue weighted by atomic mass is 10.1. The van der Waals surface area contributed by atoms with E-state index in [1.54, 1.807) is 35.2 Å². The molecule has 4 aromatic rings. The number of hydrogen-bond donors (Lipinski definition) is 1. The number of nitrogens with zero attached hydrogens (tertiary/aromatic N) is 3. The molecule has 0 saturated carbocycles. The molecule has 0 aliphatic carbocycles. The number of aromatic nitrogens is 3. The van der Waals surface area contributed by atoms with E-state index in [2.05, 4.69) is 15.4 Å². The number of rotatable bonds is 4. The molecule has 0 atom stereocenters. The SMILES string of the molecule is Cc1nn(C)c2nc(-c3ccco3)cc(C(=O)NCc3ccc(Cl)cc3)c12. The van der Waals surface area contributed by atoms with E-state index in [9.17, 15) is 4.79 Å². The van der Waals surface area contributed by atoms with Gasteiger partial charge in [0.05, 0.1) is 22.9 Å². The molecule has 0 radical (unpaired) electrons. The summed E-state index contributed by atoms with van der Waals surface area (Å²) in [6.45, 7) is 2.27. The number of halogens is 1. The van der Waals surface area contributed by atoms with Crippen molar-refractivity contribution in [2.75, 3.05) is 0 Å². The topological polar surface area (TPSA) is 73.0 Å². The molecular weight excluding hydrogens is 364 g/mol. The lowest BCUT2D eigenvalue weighted by Crippen LogP contribution is -2.23. The van der Waals surface area contributed by atoms with Crippen molar-refractivity contribution in [3.63, 3.8) is 0 Å². The van der Waals surface area contributed by atoms with Gasteiger partial charge in [0, 0.05) is 18.6 Å². The van der Waals surface area contributed by atoms with E-state index in [0.29, 0.717) is 34.2 Å². The Balaban J connectivity index is 1.72. The number of carbonyl (C=O) groups is 1. The first-order valence-corrected chi connectivity index (χ1v) is 8.81. The number of aryl methyl sites for hydroxylation is 2. The first kappa shape index (κ1) is 17.3. The highest BCUT2D eigenvalue weighted by Gasteiger charge is 2.19. The molecule has 1 amide bonds. The van der Waals surface area contributed by atoms with Crippen LogP contribution >= 0.6 is 11.6 Å². The van der Waals surface area contributed by atoms with Gasteiger partial charge in [-0.15, -0.1) is 0 Å². The average Bonchev–Trinajstić information content (AvgIpc) is 3.29. The maximum atomic E-state index is 12.9. The number of amides is 1. The smallest absolute Gasteiger partial charge is 0.252 e. The van der Waals surface area contributed by atoms with Gasteiger partial charge < -0.3 is 9.73 Å². The standard InChI is InChI=1S/C20H17ClN4O2/c1-12-18-15(20(26)22-11-13-5-7-14(21)8-6-13)10-16(17-4-3-9-27-17)23-19(18)25(2)24-12/h3-10H,11H2,1-2H3,(H,22,26). The van der Waals surface area contributed by atoms with Crippen molar-refractivity contribution in [1.82, 2.24) is 20.1 Å². The largest absolute Gasteiger partial charge is 0.463 e. The second-order valence-corrected chi connectivity index (χ2v) is 6.69. The monoisotopic (exact) mass is 380 g/mol. The molecule has 4 rings (SSSR count). The van der Waals surface area contributed by atoms with E-state index in [1.807, 2.05) is 32.2 Å². The summed E-state index contributed by atoms with van der Waals surface area (Å²) in [5.41, 5.74) is 3.46. The Morgan fingerprint density at radius 3 is 2.74 bits per heavy atom. The fraction of sp³-hybridized carbons (Fsp3) is 0.150. The van der Waals surface area contributed by atoms with Gasteiger partial charge in [-0.05, 0) is 42.8 Å². The molecule has 0 bridgehead atoms. The summed E-state index contributed by atoms with van der Waals surface area (Å²) < 4.78 is 7.13. The lowest BCUT2D eigenvalue weighted by Gasteiger charge is -2.09. The summed E-state index contributed by atoms with van der Waals surface area (Å²) in [4.78, 5) is 17.6. The van der Waals surface area contributed by atoms with E-state index in [1.165, 1.54) is 0 Å². The summed E-state index contributed by atoms with van der Waals surface area (Å²) >= 11 is 5.91. The van der Waals surface area contributed by atoms with Gasteiger partial charge in [0.15, 0.2) is 11.4 Å². The predicted octanol–water partition coefficient (Wildman–Crippen LogP) is 4.12. The normalized spacial score (nSPS) is 11.1. The van der Waals surface area contributed by atoms with Gasteiger partial charge in [0.1, 0.15) is 5.69 Å². The van der Waals surface area contributed by atoms with Crippen LogP contribution in [0.3, 0.4) is 0 Å². The summed E-state index contributed by atoms with van der Waals surface area (Å²) in [6, 6.07) is 12.7. The van der Waals surface area contributed by atoms with Crippen LogP contribution in [0.4, 0.5) is 0 Å². The minimum Gasteiger partial charge on any atom is -0.463 e. The third-order valence-corrected chi connectivity index (χ3v) is 4.61. The fourth-order valence-electron chi connectivity index (χ4n) is 3.05. The zero-order valence-electron chi connectivity index (χ0n) is 14.9. The van der Waals surface area contributed by atoms with Gasteiger partial charge in [-0.1, -0.05) is 23.7 Å². The molecule has 0 saturated heterocycles. The number of furan rings is 1. The average molecular weight is 381 g/mol. The van der Waals surface area contributed by atoms with Crippen molar-refractivity contribution in [3.05, 3.63) is 70.6 Å². The highest BCUT2D eigenvalue weighted by Crippen LogP contribution is 2.27. The van der Waals surface area contributed by atoms with Gasteiger partial charge in [0.2, 0.25) is 0 Å². The number of fused-ring (bicyclic) bond motifs is 1. The van der Waals surface area contributed by atoms with Gasteiger partial charge >= 0.3 is 0 Å². The van der Waals surface area contributed by atoms with Crippen molar-refractivity contribution in [2.45, 2.75) is 13.5 Å². The summed E-state index contributed by atoms with van der Waals surface area (Å²) in [5.74, 6) is 0.406. The van der Waals surface area contributed by atoms with Crippen LogP contribution < -0.4 is 5.32 Å². The molecule has 3 aromatic heterocycles. The number of pyridine rings is 1. The number of carbonyl (C=O) groups excluding carboxylic acids is 1. The molecular formula is C20H17ClN4O2. The predicted molar refractivity (Wildman–Crippen MR) is 104 cm³/mol. The molecule has 27 heavy (non-hydrogen) atoms. The number of nitrogens with one attached hydrogen (secondary N) is 1. The van der Waals surface area contributed by atoms with Crippen molar-refractivity contribution in [1.29, 1.82) is 0 Å². The van der Waals surface area contributed by atoms with Crippen molar-refractivity contribution < 1.29 is 9.21 Å². The molecule has 1 aromatic carbocycles. The molecule has 7 heteroatoms. The second kappa shape index (κ2) is 6.89. The van der Waals surface area contributed by atoms with E-state index in [-0.39, 0.29) is 5.91 Å². The number of benzene rings is 1. The van der Waals surface area contributed by atoms with Crippen LogP contribution in [0.2, 0.25) is 5.02 Å². The van der Waals surface area contributed by atoms with Crippen molar-refractivity contribution in [3.8, 4) is 11.5 Å². The Hall–Kier alpha value is -3.12. The third-order valence-electron chi connectivity index (χ3n) is 4.35. The van der Waals surface area contributed by atoms with Crippen LogP contribution in [-0.2, 0) is 13.6 Å². The Morgan fingerprint density at radius 1 is 1.26 bits per heavy atom. The Morgan fingerprint density at radius 2 is 2.04 bits per heavy atom. The van der Waals surface area contributed by atoms with E-state index >= 15 is 0 Å². The van der Waals surface area contributed by atoms with Gasteiger partial charge in [0.25, 0.3) is 5.91 Å². The molecule has 136 valence electrons. The van der Waals surface area contributed by atoms with Gasteiger partial charge in [-0.3, -0.25) is 9.48 Å². The molecule has 0 spiro atoms. The van der Waals surface area contributed by atoms with Gasteiger partial charge in [-0.25, -0.2) is 4.98 Å². The molecule has 1 N–H and O–H groups in total. The van der Waals surface area contributed by atoms with E-state index in [0.717, 1.165) is 16.6 Å². The Labute approximate surface area is 160 Å². The zero-order chi connectivity index (χ0) is 19.0. The summed E-state index contributed by atoms with van der Waals surface area (Å²) in [5, 5.41) is 8.77. The summed E-state index contributed by atoms with van der Waals surface area (Å²) in [6.07, 6.45) is 1.58. The van der Waals surface area contributed by atoms with Crippen LogP contribution in [0.25, 0.3) is 22.5 Å². The molecule has 0 fully saturated rings. The molecule has 6 nitrogen and oxygen atoms in total. The second-order valence-electron chi connectivity index (χ2n) is 6.25. The summed E-state index contributed by atoms with van der Waals surface area (Å²) in [7, 11) is 1.81. The Kier molecular flexibility index (Phi) is 4.41. The maximum absolute atomic E-state index is 12.9. The van der Waals surface area contributed by atoms with Crippen molar-refractivity contribution >= 4 is 28.5 Å². The quantitative estimate of drug-likeness (QED) is 0.578. The highest BCUT2D eigenvalue weighted by molar-refractivity contribution is 6.30. The number of hydrogen-bond acceptors (Lipinski definition) is 4. The first-order valence-electron chi connectivity index (χ1n) is 8.44. The minimum atomic E-state index is -0.193. The highest BCUT2D eigenvalue weighted by atomic mass is 35.5. The lowest BCUT2D eigenvalue weighted by molar-refractivity contribution is 0.0952. The van der Waals surface area contributed by atoms with Crippen LogP contribution in [0, 0.1) is 6.92 Å². The molecule has 0 unspecified atom stereocenters. The van der Waals surface area contributed by atoms with Crippen LogP contribution in [0.1, 0.15) is 21.6 Å². The molecule has 0 aliphatic heterocycles. The fourth-order valence-corrected chi connectivity index (χ4v) is 3.18. The first-order chi connectivity index (χ1) is 13.0. The molecule has 0 aliphatic rings. The van der Waals surface area contributed by atoms with Crippen molar-refractivity contribution in [2.24, 2.45) is 7.05 Å². The van der Waals surface area contributed by atoms with E-state index < -0.39 is 0 Å². The van der Waals surface area contributed by atoms with Crippen LogP contribution in [-0.4, -0.2) is 20.7 Å². The third kappa shape index (κ3) is 3.31. The minimum absolute atomic E-state index is 0.193. The Bertz CT molecular complexity index is 1120. The van der Waals surface area contributed by atoms with Gasteiger partial charge in [-0.2, -0.15) is 5.10 Å². The van der Waals surface area contributed by atoms with Crippen LogP contribution in [0.5, 0.6) is 0 Å². The zero-order valence-corrected chi connectivity index (χ0v) is 15.6. The van der Waals surface area contributed by atoms with E-state index in [4.69, 9.17) is 16.0 Å². The molecule has 3 heterocycles. The van der Waals surface area contributed by atoms with Crippen LogP contribution in [0.15, 0.2) is 53.1 Å². The maximum Gasteiger partial charge on any atom is 0.252 e.